The van der Waals surface area contributed by atoms with Crippen LogP contribution in [0.15, 0.2) is 35.8 Å². The molecule has 0 bridgehead atoms. The first-order valence-electron chi connectivity index (χ1n) is 7.58. The molecule has 1 saturated heterocycles. The molecule has 1 amide bonds. The van der Waals surface area contributed by atoms with Crippen LogP contribution in [0.4, 0.5) is 10.1 Å². The van der Waals surface area contributed by atoms with Gasteiger partial charge in [0.15, 0.2) is 0 Å². The fraction of sp³-hybridized carbons (Fsp3) is 0.375. The van der Waals surface area contributed by atoms with Gasteiger partial charge in [0, 0.05) is 49.0 Å². The highest BCUT2D eigenvalue weighted by molar-refractivity contribution is 7.09. The van der Waals surface area contributed by atoms with Gasteiger partial charge in [0.2, 0.25) is 11.9 Å². The Bertz CT molecular complexity index is 641. The lowest BCUT2D eigenvalue weighted by Crippen LogP contribution is -2.49. The predicted octanol–water partition coefficient (Wildman–Crippen LogP) is 1.72. The summed E-state index contributed by atoms with van der Waals surface area (Å²) >= 11 is 1.64. The van der Waals surface area contributed by atoms with Gasteiger partial charge in [-0.25, -0.2) is 4.98 Å². The molecule has 3 heterocycles. The van der Waals surface area contributed by atoms with E-state index < -0.39 is 5.95 Å². The smallest absolute Gasteiger partial charge is 0.234 e. The van der Waals surface area contributed by atoms with Crippen molar-refractivity contribution in [3.63, 3.8) is 0 Å². The molecule has 2 aromatic rings. The van der Waals surface area contributed by atoms with Crippen LogP contribution in [0.1, 0.15) is 4.88 Å². The third-order valence-corrected chi connectivity index (χ3v) is 4.73. The molecule has 0 atom stereocenters. The summed E-state index contributed by atoms with van der Waals surface area (Å²) in [6.45, 7) is 4.13. The van der Waals surface area contributed by atoms with Crippen LogP contribution in [-0.4, -0.2) is 48.5 Å². The molecule has 0 unspecified atom stereocenters. The Morgan fingerprint density at radius 1 is 1.30 bits per heavy atom. The number of pyridine rings is 1. The van der Waals surface area contributed by atoms with Crippen LogP contribution in [0, 0.1) is 5.95 Å². The minimum atomic E-state index is -0.460. The van der Waals surface area contributed by atoms with Crippen molar-refractivity contribution >= 4 is 22.9 Å². The van der Waals surface area contributed by atoms with Crippen molar-refractivity contribution in [3.05, 3.63) is 46.7 Å². The molecular weight excluding hydrogens is 315 g/mol. The number of rotatable bonds is 5. The lowest BCUT2D eigenvalue weighted by molar-refractivity contribution is -0.122. The number of piperazine rings is 1. The van der Waals surface area contributed by atoms with E-state index in [-0.39, 0.29) is 5.91 Å². The van der Waals surface area contributed by atoms with Gasteiger partial charge in [-0.2, -0.15) is 4.39 Å². The Hall–Kier alpha value is -1.99. The minimum Gasteiger partial charge on any atom is -0.369 e. The lowest BCUT2D eigenvalue weighted by Gasteiger charge is -2.35. The zero-order valence-electron chi connectivity index (χ0n) is 12.7. The molecule has 1 fully saturated rings. The van der Waals surface area contributed by atoms with Gasteiger partial charge in [-0.1, -0.05) is 6.07 Å². The number of anilines is 1. The van der Waals surface area contributed by atoms with Gasteiger partial charge in [0.1, 0.15) is 0 Å². The Labute approximate surface area is 138 Å². The van der Waals surface area contributed by atoms with Crippen molar-refractivity contribution in [1.82, 2.24) is 15.2 Å². The van der Waals surface area contributed by atoms with Crippen molar-refractivity contribution in [3.8, 4) is 0 Å². The molecule has 1 N–H and O–H groups in total. The van der Waals surface area contributed by atoms with E-state index in [0.29, 0.717) is 13.1 Å². The molecule has 0 saturated carbocycles. The van der Waals surface area contributed by atoms with Gasteiger partial charge in [0.25, 0.3) is 0 Å². The topological polar surface area (TPSA) is 48.5 Å². The van der Waals surface area contributed by atoms with E-state index in [1.165, 1.54) is 12.3 Å². The highest BCUT2D eigenvalue weighted by atomic mass is 32.1. The number of hydrogen-bond donors (Lipinski definition) is 1. The number of hydrogen-bond acceptors (Lipinski definition) is 5. The van der Waals surface area contributed by atoms with E-state index in [1.54, 1.807) is 11.3 Å². The minimum absolute atomic E-state index is 0.0433. The summed E-state index contributed by atoms with van der Waals surface area (Å²) < 4.78 is 13.2. The van der Waals surface area contributed by atoms with Gasteiger partial charge in [-0.3, -0.25) is 9.69 Å². The van der Waals surface area contributed by atoms with Crippen LogP contribution < -0.4 is 10.2 Å². The first kappa shape index (κ1) is 15.9. The molecule has 5 nitrogen and oxygen atoms in total. The maximum absolute atomic E-state index is 13.2. The fourth-order valence-corrected chi connectivity index (χ4v) is 3.26. The van der Waals surface area contributed by atoms with Crippen molar-refractivity contribution in [2.24, 2.45) is 0 Å². The first-order valence-corrected chi connectivity index (χ1v) is 8.46. The zero-order valence-corrected chi connectivity index (χ0v) is 13.6. The summed E-state index contributed by atoms with van der Waals surface area (Å²) in [6, 6.07) is 7.25. The fourth-order valence-electron chi connectivity index (χ4n) is 2.61. The van der Waals surface area contributed by atoms with Crippen molar-refractivity contribution in [2.75, 3.05) is 37.6 Å². The third kappa shape index (κ3) is 4.49. The molecule has 1 aliphatic rings. The quantitative estimate of drug-likeness (QED) is 0.846. The van der Waals surface area contributed by atoms with Gasteiger partial charge < -0.3 is 10.2 Å². The SMILES string of the molecule is O=C(CN1CCN(c2ccnc(F)c2)CC1)NCc1cccs1. The van der Waals surface area contributed by atoms with Crippen LogP contribution in [-0.2, 0) is 11.3 Å². The van der Waals surface area contributed by atoms with Crippen LogP contribution in [0.2, 0.25) is 0 Å². The number of aromatic nitrogens is 1. The Kier molecular flexibility index (Phi) is 5.19. The predicted molar refractivity (Wildman–Crippen MR) is 89.0 cm³/mol. The average Bonchev–Trinajstić information content (AvgIpc) is 3.07. The molecule has 0 aliphatic carbocycles. The maximum Gasteiger partial charge on any atom is 0.234 e. The van der Waals surface area contributed by atoms with Gasteiger partial charge >= 0.3 is 0 Å². The second-order valence-electron chi connectivity index (χ2n) is 5.46. The molecule has 23 heavy (non-hydrogen) atoms. The highest BCUT2D eigenvalue weighted by Gasteiger charge is 2.19. The number of carbonyl (C=O) groups excluding carboxylic acids is 1. The van der Waals surface area contributed by atoms with Gasteiger partial charge in [-0.15, -0.1) is 11.3 Å². The summed E-state index contributed by atoms with van der Waals surface area (Å²) in [5.74, 6) is -0.417. The second kappa shape index (κ2) is 7.52. The largest absolute Gasteiger partial charge is 0.369 e. The maximum atomic E-state index is 13.2. The van der Waals surface area contributed by atoms with Gasteiger partial charge in [-0.05, 0) is 17.5 Å². The zero-order chi connectivity index (χ0) is 16.1. The van der Waals surface area contributed by atoms with Crippen molar-refractivity contribution in [1.29, 1.82) is 0 Å². The lowest BCUT2D eigenvalue weighted by atomic mass is 10.2. The van der Waals surface area contributed by atoms with E-state index >= 15 is 0 Å². The monoisotopic (exact) mass is 334 g/mol. The second-order valence-corrected chi connectivity index (χ2v) is 6.49. The van der Waals surface area contributed by atoms with E-state index in [2.05, 4.69) is 20.1 Å². The molecule has 7 heteroatoms. The molecule has 2 aromatic heterocycles. The molecule has 1 aliphatic heterocycles. The van der Waals surface area contributed by atoms with E-state index in [4.69, 9.17) is 0 Å². The third-order valence-electron chi connectivity index (χ3n) is 3.85. The number of amides is 1. The van der Waals surface area contributed by atoms with Crippen LogP contribution in [0.3, 0.4) is 0 Å². The number of nitrogens with one attached hydrogen (secondary N) is 1. The van der Waals surface area contributed by atoms with Crippen LogP contribution in [0.5, 0.6) is 0 Å². The van der Waals surface area contributed by atoms with Crippen molar-refractivity contribution < 1.29 is 9.18 Å². The number of carbonyl (C=O) groups is 1. The number of halogens is 1. The summed E-state index contributed by atoms with van der Waals surface area (Å²) in [5.41, 5.74) is 0.847. The van der Waals surface area contributed by atoms with E-state index in [9.17, 15) is 9.18 Å². The Balaban J connectivity index is 1.43. The first-order chi connectivity index (χ1) is 11.2. The molecule has 3 rings (SSSR count). The summed E-state index contributed by atoms with van der Waals surface area (Å²) in [5, 5.41) is 4.94. The van der Waals surface area contributed by atoms with Crippen LogP contribution in [0.25, 0.3) is 0 Å². The van der Waals surface area contributed by atoms with Crippen LogP contribution >= 0.6 is 11.3 Å². The van der Waals surface area contributed by atoms with E-state index in [1.807, 2.05) is 23.6 Å². The van der Waals surface area contributed by atoms with E-state index in [0.717, 1.165) is 36.7 Å². The summed E-state index contributed by atoms with van der Waals surface area (Å²) in [4.78, 5) is 21.0. The standard InChI is InChI=1S/C16H19FN4OS/c17-15-10-13(3-4-18-15)21-7-5-20(6-8-21)12-16(22)19-11-14-2-1-9-23-14/h1-4,9-10H,5-8,11-12H2,(H,19,22). The highest BCUT2D eigenvalue weighted by Crippen LogP contribution is 2.16. The van der Waals surface area contributed by atoms with Crippen molar-refractivity contribution in [2.45, 2.75) is 6.54 Å². The average molecular weight is 334 g/mol. The summed E-state index contributed by atoms with van der Waals surface area (Å²) in [6.07, 6.45) is 1.48. The molecular formula is C16H19FN4OS. The molecule has 0 aromatic carbocycles. The Morgan fingerprint density at radius 3 is 2.83 bits per heavy atom. The summed E-state index contributed by atoms with van der Waals surface area (Å²) in [7, 11) is 0. The number of thiophene rings is 1. The Morgan fingerprint density at radius 2 is 2.13 bits per heavy atom. The molecule has 0 spiro atoms. The molecule has 0 radical (unpaired) electrons. The van der Waals surface area contributed by atoms with Gasteiger partial charge in [0.05, 0.1) is 13.1 Å². The number of nitrogens with zero attached hydrogens (tertiary/aromatic N) is 3. The normalized spacial score (nSPS) is 15.6. The molecule has 122 valence electrons.